The Kier molecular flexibility index (Phi) is 2.78. The van der Waals surface area contributed by atoms with E-state index in [1.807, 2.05) is 12.1 Å². The minimum atomic E-state index is -0.250. The molecule has 1 aromatic rings. The third kappa shape index (κ3) is 2.32. The normalized spacial score (nSPS) is 28.1. The van der Waals surface area contributed by atoms with Gasteiger partial charge in [0.25, 0.3) is 0 Å². The molecule has 0 saturated heterocycles. The Morgan fingerprint density at radius 2 is 2.16 bits per heavy atom. The van der Waals surface area contributed by atoms with Gasteiger partial charge in [-0.3, -0.25) is 0 Å². The Labute approximate surface area is 112 Å². The fraction of sp³-hybridized carbons (Fsp3) is 0.533. The molecular formula is C15H19NO3. The minimum Gasteiger partial charge on any atom is -0.489 e. The average Bonchev–Trinajstić information content (AvgIpc) is 2.80. The highest BCUT2D eigenvalue weighted by molar-refractivity contribution is 5.93. The van der Waals surface area contributed by atoms with E-state index in [1.54, 1.807) is 6.07 Å². The fourth-order valence-corrected chi connectivity index (χ4v) is 3.04. The Balaban J connectivity index is 1.76. The molecule has 0 spiro atoms. The molecule has 1 aliphatic carbocycles. The third-order valence-corrected chi connectivity index (χ3v) is 3.96. The van der Waals surface area contributed by atoms with Crippen molar-refractivity contribution in [1.29, 1.82) is 0 Å². The van der Waals surface area contributed by atoms with E-state index in [9.17, 15) is 4.79 Å². The number of cyclic esters (lactones) is 1. The zero-order valence-electron chi connectivity index (χ0n) is 11.3. The van der Waals surface area contributed by atoms with E-state index >= 15 is 0 Å². The van der Waals surface area contributed by atoms with Gasteiger partial charge in [0, 0.05) is 11.6 Å². The van der Waals surface area contributed by atoms with Crippen LogP contribution in [0.5, 0.6) is 5.75 Å². The summed E-state index contributed by atoms with van der Waals surface area (Å²) in [7, 11) is 0. The van der Waals surface area contributed by atoms with Gasteiger partial charge in [0.15, 0.2) is 0 Å². The molecule has 19 heavy (non-hydrogen) atoms. The first kappa shape index (κ1) is 12.5. The maximum atomic E-state index is 11.4. The van der Waals surface area contributed by atoms with Crippen LogP contribution in [0, 0.1) is 5.41 Å². The molecule has 1 fully saturated rings. The van der Waals surface area contributed by atoms with E-state index in [4.69, 9.17) is 15.2 Å². The van der Waals surface area contributed by atoms with Crippen molar-refractivity contribution in [3.8, 4) is 5.75 Å². The van der Waals surface area contributed by atoms with E-state index in [-0.39, 0.29) is 23.5 Å². The Morgan fingerprint density at radius 3 is 2.84 bits per heavy atom. The molecule has 1 aliphatic heterocycles. The van der Waals surface area contributed by atoms with Crippen LogP contribution in [0.2, 0.25) is 0 Å². The number of hydrogen-bond acceptors (Lipinski definition) is 4. The average molecular weight is 261 g/mol. The molecule has 0 radical (unpaired) electrons. The number of carbonyl (C=O) groups excluding carboxylic acids is 1. The van der Waals surface area contributed by atoms with E-state index in [0.717, 1.165) is 24.2 Å². The fourth-order valence-electron chi connectivity index (χ4n) is 3.04. The number of rotatable bonds is 2. The summed E-state index contributed by atoms with van der Waals surface area (Å²) in [5, 5.41) is 0. The van der Waals surface area contributed by atoms with Gasteiger partial charge in [-0.15, -0.1) is 0 Å². The number of carbonyl (C=O) groups is 1. The lowest BCUT2D eigenvalue weighted by atomic mass is 9.92. The minimum absolute atomic E-state index is 0.0473. The number of fused-ring (bicyclic) bond motifs is 1. The molecule has 1 saturated carbocycles. The topological polar surface area (TPSA) is 61.6 Å². The number of benzene rings is 1. The molecule has 0 unspecified atom stereocenters. The van der Waals surface area contributed by atoms with Crippen LogP contribution in [0.25, 0.3) is 0 Å². The molecule has 4 heteroatoms. The molecule has 2 aliphatic rings. The van der Waals surface area contributed by atoms with Crippen molar-refractivity contribution in [3.63, 3.8) is 0 Å². The zero-order chi connectivity index (χ0) is 13.6. The second kappa shape index (κ2) is 4.23. The van der Waals surface area contributed by atoms with Crippen LogP contribution in [0.3, 0.4) is 0 Å². The van der Waals surface area contributed by atoms with E-state index in [2.05, 4.69) is 13.8 Å². The van der Waals surface area contributed by atoms with E-state index < -0.39 is 0 Å². The lowest BCUT2D eigenvalue weighted by Crippen LogP contribution is -2.33. The largest absolute Gasteiger partial charge is 0.489 e. The number of esters is 1. The van der Waals surface area contributed by atoms with Crippen LogP contribution in [-0.2, 0) is 11.3 Å². The summed E-state index contributed by atoms with van der Waals surface area (Å²) >= 11 is 0. The van der Waals surface area contributed by atoms with Crippen LogP contribution in [0.1, 0.15) is 42.6 Å². The van der Waals surface area contributed by atoms with Crippen molar-refractivity contribution in [2.75, 3.05) is 0 Å². The van der Waals surface area contributed by atoms with Crippen LogP contribution < -0.4 is 10.5 Å². The van der Waals surface area contributed by atoms with E-state index in [0.29, 0.717) is 12.2 Å². The van der Waals surface area contributed by atoms with Gasteiger partial charge in [0.05, 0.1) is 5.56 Å². The van der Waals surface area contributed by atoms with Crippen molar-refractivity contribution in [2.45, 2.75) is 45.4 Å². The van der Waals surface area contributed by atoms with Crippen molar-refractivity contribution in [3.05, 3.63) is 29.3 Å². The highest BCUT2D eigenvalue weighted by Crippen LogP contribution is 2.38. The molecule has 102 valence electrons. The Bertz CT molecular complexity index is 524. The predicted molar refractivity (Wildman–Crippen MR) is 71.0 cm³/mol. The molecule has 0 aromatic heterocycles. The van der Waals surface area contributed by atoms with Crippen molar-refractivity contribution >= 4 is 5.97 Å². The van der Waals surface area contributed by atoms with Gasteiger partial charge in [-0.1, -0.05) is 13.8 Å². The second-order valence-corrected chi connectivity index (χ2v) is 6.29. The number of nitrogens with two attached hydrogens (primary N) is 1. The highest BCUT2D eigenvalue weighted by atomic mass is 16.5. The lowest BCUT2D eigenvalue weighted by Gasteiger charge is -2.19. The summed E-state index contributed by atoms with van der Waals surface area (Å²) in [4.78, 5) is 11.4. The highest BCUT2D eigenvalue weighted by Gasteiger charge is 2.38. The second-order valence-electron chi connectivity index (χ2n) is 6.29. The molecule has 4 nitrogen and oxygen atoms in total. The monoisotopic (exact) mass is 261 g/mol. The van der Waals surface area contributed by atoms with Gasteiger partial charge >= 0.3 is 5.97 Å². The van der Waals surface area contributed by atoms with Crippen molar-refractivity contribution in [1.82, 2.24) is 0 Å². The zero-order valence-corrected chi connectivity index (χ0v) is 11.3. The standard InChI is InChI=1S/C15H19NO3/c1-15(2)6-12(16)13(7-15)19-10-3-4-11-9(5-10)8-18-14(11)17/h3-5,12-13H,6-8,16H2,1-2H3/t12-,13-/m1/s1. The van der Waals surface area contributed by atoms with Gasteiger partial charge in [-0.25, -0.2) is 4.79 Å². The summed E-state index contributed by atoms with van der Waals surface area (Å²) in [5.74, 6) is 0.524. The first-order valence-corrected chi connectivity index (χ1v) is 6.67. The molecule has 2 atom stereocenters. The quantitative estimate of drug-likeness (QED) is 0.829. The van der Waals surface area contributed by atoms with Crippen LogP contribution >= 0.6 is 0 Å². The Hall–Kier alpha value is -1.55. The van der Waals surface area contributed by atoms with E-state index in [1.165, 1.54) is 0 Å². The van der Waals surface area contributed by atoms with Gasteiger partial charge < -0.3 is 15.2 Å². The Morgan fingerprint density at radius 1 is 1.37 bits per heavy atom. The van der Waals surface area contributed by atoms with Gasteiger partial charge in [-0.2, -0.15) is 0 Å². The molecule has 1 aromatic carbocycles. The molecule has 2 N–H and O–H groups in total. The lowest BCUT2D eigenvalue weighted by molar-refractivity contribution is 0.0535. The molecule has 0 amide bonds. The summed E-state index contributed by atoms with van der Waals surface area (Å²) in [5.41, 5.74) is 7.91. The van der Waals surface area contributed by atoms with Crippen LogP contribution in [0.4, 0.5) is 0 Å². The predicted octanol–water partition coefficient (Wildman–Crippen LogP) is 2.25. The molecular weight excluding hydrogens is 242 g/mol. The van der Waals surface area contributed by atoms with Crippen LogP contribution in [0.15, 0.2) is 18.2 Å². The summed E-state index contributed by atoms with van der Waals surface area (Å²) in [6, 6.07) is 5.55. The van der Waals surface area contributed by atoms with Crippen molar-refractivity contribution < 1.29 is 14.3 Å². The summed E-state index contributed by atoms with van der Waals surface area (Å²) in [6.07, 6.45) is 1.98. The first-order valence-electron chi connectivity index (χ1n) is 6.67. The molecule has 0 bridgehead atoms. The van der Waals surface area contributed by atoms with Crippen LogP contribution in [-0.4, -0.2) is 18.1 Å². The van der Waals surface area contributed by atoms with Gasteiger partial charge in [0.1, 0.15) is 18.5 Å². The maximum absolute atomic E-state index is 11.4. The maximum Gasteiger partial charge on any atom is 0.338 e. The summed E-state index contributed by atoms with van der Waals surface area (Å²) < 4.78 is 11.0. The SMILES string of the molecule is CC1(C)C[C@@H](N)[C@H](Oc2ccc3c(c2)COC3=O)C1. The number of ether oxygens (including phenoxy) is 2. The molecule has 1 heterocycles. The number of hydrogen-bond donors (Lipinski definition) is 1. The van der Waals surface area contributed by atoms with Crippen molar-refractivity contribution in [2.24, 2.45) is 11.1 Å². The smallest absolute Gasteiger partial charge is 0.338 e. The van der Waals surface area contributed by atoms with Gasteiger partial charge in [-0.05, 0) is 36.5 Å². The third-order valence-electron chi connectivity index (χ3n) is 3.96. The van der Waals surface area contributed by atoms with Gasteiger partial charge in [0.2, 0.25) is 0 Å². The first-order chi connectivity index (χ1) is 8.94. The molecule has 3 rings (SSSR count). The summed E-state index contributed by atoms with van der Waals surface area (Å²) in [6.45, 7) is 4.77.